The van der Waals surface area contributed by atoms with E-state index in [0.29, 0.717) is 28.6 Å². The van der Waals surface area contributed by atoms with E-state index in [-0.39, 0.29) is 54.4 Å². The number of urea groups is 2. The summed E-state index contributed by atoms with van der Waals surface area (Å²) in [4.78, 5) is 55.5. The number of carbonyl (C=O) groups is 4. The van der Waals surface area contributed by atoms with E-state index in [2.05, 4.69) is 36.6 Å². The Balaban J connectivity index is 0.000000278. The lowest BCUT2D eigenvalue weighted by atomic mass is 10.2. The molecule has 0 spiro atoms. The number of hydrogen-bond donors (Lipinski definition) is 6. The average molecular weight is 1070 g/mol. The van der Waals surface area contributed by atoms with Gasteiger partial charge in [-0.1, -0.05) is 23.2 Å². The predicted molar refractivity (Wildman–Crippen MR) is 255 cm³/mol. The third-order valence-electron chi connectivity index (χ3n) is 8.99. The maximum Gasteiger partial charge on any atom is 0.417 e. The number of carboxylic acid groups (broad SMARTS) is 1. The van der Waals surface area contributed by atoms with Crippen molar-refractivity contribution in [3.63, 3.8) is 0 Å². The second kappa shape index (κ2) is 25.1. The highest BCUT2D eigenvalue weighted by Crippen LogP contribution is 2.47. The molecule has 26 heteroatoms. The molecule has 17 nitrogen and oxygen atoms in total. The topological polar surface area (TPSA) is 228 Å². The molecule has 0 aliphatic heterocycles. The summed E-state index contributed by atoms with van der Waals surface area (Å²) in [6.07, 6.45) is -6.64. The fourth-order valence-corrected chi connectivity index (χ4v) is 7.81. The van der Waals surface area contributed by atoms with E-state index >= 15 is 0 Å². The Morgan fingerprint density at radius 1 is 0.569 bits per heavy atom. The van der Waals surface area contributed by atoms with Crippen LogP contribution in [-0.4, -0.2) is 64.9 Å². The lowest BCUT2D eigenvalue weighted by Gasteiger charge is -2.17. The summed E-state index contributed by atoms with van der Waals surface area (Å²) >= 11 is 11.1. The maximum atomic E-state index is 13.0. The Bertz CT molecular complexity index is 2910. The summed E-state index contributed by atoms with van der Waals surface area (Å²) < 4.78 is 112. The first-order chi connectivity index (χ1) is 34.0. The number of ether oxygens (including phenoxy) is 2. The molecule has 0 fully saturated rings. The van der Waals surface area contributed by atoms with Crippen molar-refractivity contribution in [3.8, 4) is 23.0 Å². The van der Waals surface area contributed by atoms with E-state index in [9.17, 15) is 50.1 Å². The molecule has 4 aromatic carbocycles. The smallest absolute Gasteiger partial charge is 0.417 e. The maximum absolute atomic E-state index is 13.0. The van der Waals surface area contributed by atoms with Crippen LogP contribution in [0.4, 0.5) is 58.7 Å². The van der Waals surface area contributed by atoms with Crippen molar-refractivity contribution < 1.29 is 73.7 Å². The van der Waals surface area contributed by atoms with Crippen LogP contribution in [0, 0.1) is 0 Å². The van der Waals surface area contributed by atoms with Crippen LogP contribution in [0.15, 0.2) is 122 Å². The number of carboxylic acids is 1. The normalized spacial score (nSPS) is 11.3. The van der Waals surface area contributed by atoms with Gasteiger partial charge in [0.1, 0.15) is 28.7 Å². The minimum atomic E-state index is -4.67. The lowest BCUT2D eigenvalue weighted by Crippen LogP contribution is -2.27. The van der Waals surface area contributed by atoms with E-state index in [1.165, 1.54) is 85.2 Å². The Labute approximate surface area is 415 Å². The van der Waals surface area contributed by atoms with Crippen molar-refractivity contribution >= 4 is 77.5 Å². The number of anilines is 4. The van der Waals surface area contributed by atoms with Crippen LogP contribution < -0.4 is 36.1 Å². The van der Waals surface area contributed by atoms with Gasteiger partial charge in [-0.15, -0.1) is 0 Å². The summed E-state index contributed by atoms with van der Waals surface area (Å²) in [5.41, 5.74) is -1.73. The SMILES string of the molecule is CCOP(=O)(CCNC(=O)c1cc(Oc2ccc(NC(=O)Nc3ccc(Cl)c(C(F)(F)F)c3)cc2)ccn1)OCC.O=C(Nc1ccc(Oc2ccnc(C(=O)O)c2)cc1)Nc1ccc(Cl)c(C(F)(F)F)c1. The lowest BCUT2D eigenvalue weighted by molar-refractivity contribution is -0.138. The standard InChI is InChI=1S/C26H27ClF3N4O6P.C20H13ClF3N3O4/c1-3-38-41(37,39-4-2)14-13-32-24(35)23-16-20(11-12-31-23)40-19-8-5-17(6-9-19)33-25(36)34-18-7-10-22(27)21(15-18)26(28,29)30;21-16-6-3-12(9-15(16)20(22,23)24)27-19(30)26-11-1-4-13(5-2-11)31-14-7-8-25-17(10-14)18(28)29/h5-12,15-16H,3-4,13-14H2,1-2H3,(H,32,35)(H2,33,34,36);1-10H,(H,28,29)(H2,26,27,30). The predicted octanol–water partition coefficient (Wildman–Crippen LogP) is 13.1. The van der Waals surface area contributed by atoms with Gasteiger partial charge in [0, 0.05) is 53.8 Å². The van der Waals surface area contributed by atoms with Gasteiger partial charge >= 0.3 is 38.0 Å². The fourth-order valence-electron chi connectivity index (χ4n) is 5.86. The molecule has 0 bridgehead atoms. The highest BCUT2D eigenvalue weighted by Gasteiger charge is 2.34. The largest absolute Gasteiger partial charge is 0.477 e. The quantitative estimate of drug-likeness (QED) is 0.0370. The average Bonchev–Trinajstić information content (AvgIpc) is 3.31. The van der Waals surface area contributed by atoms with Gasteiger partial charge < -0.3 is 50.2 Å². The fraction of sp³-hybridized carbons (Fsp3) is 0.174. The number of amides is 5. The summed E-state index contributed by atoms with van der Waals surface area (Å²) in [6.45, 7) is 3.87. The Morgan fingerprint density at radius 2 is 0.958 bits per heavy atom. The number of halogens is 8. The Hall–Kier alpha value is -7.43. The number of pyridine rings is 2. The molecule has 0 radical (unpaired) electrons. The number of aromatic carboxylic acids is 1. The monoisotopic (exact) mass is 1070 g/mol. The molecule has 0 atom stereocenters. The molecule has 6 aromatic rings. The first-order valence-corrected chi connectivity index (χ1v) is 23.3. The number of nitrogens with one attached hydrogen (secondary N) is 5. The second-order valence-corrected chi connectivity index (χ2v) is 17.3. The van der Waals surface area contributed by atoms with Crippen LogP contribution in [0.2, 0.25) is 10.0 Å². The summed E-state index contributed by atoms with van der Waals surface area (Å²) in [7, 11) is -3.30. The van der Waals surface area contributed by atoms with Crippen molar-refractivity contribution in [3.05, 3.63) is 154 Å². The molecule has 2 aromatic heterocycles. The van der Waals surface area contributed by atoms with Crippen LogP contribution >= 0.6 is 30.8 Å². The Morgan fingerprint density at radius 3 is 1.36 bits per heavy atom. The van der Waals surface area contributed by atoms with Crippen molar-refractivity contribution in [2.75, 3.05) is 47.2 Å². The molecule has 0 unspecified atom stereocenters. The summed E-state index contributed by atoms with van der Waals surface area (Å²) in [6, 6.07) is 22.4. The van der Waals surface area contributed by atoms with Gasteiger partial charge in [0.05, 0.1) is 40.5 Å². The molecule has 5 amide bonds. The number of rotatable bonds is 17. The van der Waals surface area contributed by atoms with Crippen molar-refractivity contribution in [2.24, 2.45) is 0 Å². The number of hydrogen-bond acceptors (Lipinski definition) is 11. The molecule has 2 heterocycles. The number of nitrogens with zero attached hydrogens (tertiary/aromatic N) is 2. The van der Waals surface area contributed by atoms with Crippen LogP contribution in [0.25, 0.3) is 0 Å². The van der Waals surface area contributed by atoms with Gasteiger partial charge in [0.2, 0.25) is 0 Å². The second-order valence-electron chi connectivity index (χ2n) is 14.3. The number of carbonyl (C=O) groups excluding carboxylic acids is 3. The molecule has 0 aliphatic carbocycles. The van der Waals surface area contributed by atoms with Crippen LogP contribution in [-0.2, 0) is 26.0 Å². The molecular weight excluding hydrogens is 1030 g/mol. The zero-order chi connectivity index (χ0) is 52.6. The van der Waals surface area contributed by atoms with Gasteiger partial charge in [0.15, 0.2) is 5.69 Å². The minimum absolute atomic E-state index is 0.00329. The third-order valence-corrected chi connectivity index (χ3v) is 11.7. The molecule has 0 aliphatic rings. The number of benzene rings is 4. The van der Waals surface area contributed by atoms with E-state index in [0.717, 1.165) is 24.3 Å². The van der Waals surface area contributed by atoms with E-state index in [4.69, 9.17) is 46.8 Å². The van der Waals surface area contributed by atoms with Crippen molar-refractivity contribution in [1.82, 2.24) is 15.3 Å². The van der Waals surface area contributed by atoms with Gasteiger partial charge in [-0.05, 0) is 111 Å². The molecular formula is C46H40Cl2F6N7O10P. The molecule has 6 N–H and O–H groups in total. The highest BCUT2D eigenvalue weighted by atomic mass is 35.5. The van der Waals surface area contributed by atoms with Gasteiger partial charge in [-0.25, -0.2) is 19.4 Å². The van der Waals surface area contributed by atoms with Gasteiger partial charge in [-0.2, -0.15) is 26.3 Å². The van der Waals surface area contributed by atoms with E-state index < -0.39 is 65.1 Å². The zero-order valence-electron chi connectivity index (χ0n) is 37.4. The first-order valence-electron chi connectivity index (χ1n) is 20.8. The number of aromatic nitrogens is 2. The highest BCUT2D eigenvalue weighted by molar-refractivity contribution is 7.53. The summed E-state index contributed by atoms with van der Waals surface area (Å²) in [5.74, 6) is -0.408. The summed E-state index contributed by atoms with van der Waals surface area (Å²) in [5, 5.41) is 20.2. The van der Waals surface area contributed by atoms with Crippen LogP contribution in [0.5, 0.6) is 23.0 Å². The third kappa shape index (κ3) is 17.2. The van der Waals surface area contributed by atoms with Crippen LogP contribution in [0.3, 0.4) is 0 Å². The first kappa shape index (κ1) is 55.5. The van der Waals surface area contributed by atoms with E-state index in [1.807, 2.05) is 0 Å². The minimum Gasteiger partial charge on any atom is -0.477 e. The Kier molecular flexibility index (Phi) is 19.3. The zero-order valence-corrected chi connectivity index (χ0v) is 39.8. The van der Waals surface area contributed by atoms with Gasteiger partial charge in [0.25, 0.3) is 5.91 Å². The molecule has 6 rings (SSSR count). The molecule has 0 saturated carbocycles. The van der Waals surface area contributed by atoms with Gasteiger partial charge in [-0.3, -0.25) is 14.3 Å². The molecule has 72 heavy (non-hydrogen) atoms. The molecule has 380 valence electrons. The van der Waals surface area contributed by atoms with Crippen molar-refractivity contribution in [2.45, 2.75) is 26.2 Å². The van der Waals surface area contributed by atoms with Crippen LogP contribution in [0.1, 0.15) is 46.0 Å². The van der Waals surface area contributed by atoms with E-state index in [1.54, 1.807) is 26.0 Å². The van der Waals surface area contributed by atoms with Crippen molar-refractivity contribution in [1.29, 1.82) is 0 Å². The number of alkyl halides is 6. The molecule has 0 saturated heterocycles.